The summed E-state index contributed by atoms with van der Waals surface area (Å²) in [6, 6.07) is 5.82. The molecule has 3 nitrogen and oxygen atoms in total. The molecule has 0 N–H and O–H groups in total. The number of likely N-dealkylation sites (tertiary alicyclic amines) is 1. The van der Waals surface area contributed by atoms with E-state index in [1.165, 1.54) is 6.07 Å². The Labute approximate surface area is 141 Å². The monoisotopic (exact) mass is 338 g/mol. The van der Waals surface area contributed by atoms with E-state index in [1.807, 2.05) is 6.07 Å². The van der Waals surface area contributed by atoms with Crippen molar-refractivity contribution in [2.24, 2.45) is 0 Å². The van der Waals surface area contributed by atoms with Crippen LogP contribution in [0.5, 0.6) is 0 Å². The lowest BCUT2D eigenvalue weighted by Crippen LogP contribution is -2.48. The van der Waals surface area contributed by atoms with Crippen molar-refractivity contribution in [3.8, 4) is 0 Å². The van der Waals surface area contributed by atoms with Crippen LogP contribution < -0.4 is 5.30 Å². The summed E-state index contributed by atoms with van der Waals surface area (Å²) < 4.78 is 13.9. The summed E-state index contributed by atoms with van der Waals surface area (Å²) in [5.41, 5.74) is 0.781. The fraction of sp³-hybridized carbons (Fsp3) is 0.611. The van der Waals surface area contributed by atoms with Gasteiger partial charge in [0.25, 0.3) is 0 Å². The van der Waals surface area contributed by atoms with E-state index in [1.54, 1.807) is 13.0 Å². The number of carbonyl (C=O) groups excluding carboxylic acids is 1. The zero-order chi connectivity index (χ0) is 17.1. The number of nitrogens with zero attached hydrogens (tertiary/aromatic N) is 2. The minimum atomic E-state index is -0.272. The molecule has 0 aromatic heterocycles. The first-order valence-corrected chi connectivity index (χ1v) is 8.84. The highest BCUT2D eigenvalue weighted by molar-refractivity contribution is 7.27. The number of hydrogen-bond acceptors (Lipinski definition) is 3. The Morgan fingerprint density at radius 1 is 1.35 bits per heavy atom. The topological polar surface area (TPSA) is 23.6 Å². The fourth-order valence-corrected chi connectivity index (χ4v) is 3.79. The SMILES string of the molecule is CC(=O)C(c1ccc(P)c(F)c1)[C@@H](C)N1CCC(N(C)C)CC1. The Bertz CT molecular complexity index is 556. The standard InChI is InChI=1S/C18H28FN2OP/c1-12(21-9-7-15(8-10-21)20(3)4)18(13(2)22)14-5-6-17(23)16(19)11-14/h5-6,11-12,15,18H,7-10,23H2,1-4H3/t12-,18?/m1/s1. The normalized spacial score (nSPS) is 19.8. The number of Topliss-reactive ketones (excluding diaryl/α,β-unsaturated/α-hetero) is 1. The maximum Gasteiger partial charge on any atom is 0.138 e. The molecule has 3 atom stereocenters. The second-order valence-corrected chi connectivity index (χ2v) is 7.46. The van der Waals surface area contributed by atoms with Crippen molar-refractivity contribution < 1.29 is 9.18 Å². The number of piperidine rings is 1. The van der Waals surface area contributed by atoms with E-state index < -0.39 is 0 Å². The van der Waals surface area contributed by atoms with Gasteiger partial charge < -0.3 is 4.90 Å². The Morgan fingerprint density at radius 3 is 2.43 bits per heavy atom. The van der Waals surface area contributed by atoms with Gasteiger partial charge in [-0.25, -0.2) is 4.39 Å². The molecule has 23 heavy (non-hydrogen) atoms. The smallest absolute Gasteiger partial charge is 0.138 e. The fourth-order valence-electron chi connectivity index (χ4n) is 3.61. The number of ketones is 1. The van der Waals surface area contributed by atoms with E-state index in [-0.39, 0.29) is 23.6 Å². The summed E-state index contributed by atoms with van der Waals surface area (Å²) in [5.74, 6) is -0.439. The number of hydrogen-bond donors (Lipinski definition) is 0. The molecule has 0 spiro atoms. The van der Waals surface area contributed by atoms with Crippen molar-refractivity contribution in [3.63, 3.8) is 0 Å². The summed E-state index contributed by atoms with van der Waals surface area (Å²) >= 11 is 0. The number of benzene rings is 1. The summed E-state index contributed by atoms with van der Waals surface area (Å²) in [5, 5.41) is 0.538. The lowest BCUT2D eigenvalue weighted by molar-refractivity contribution is -0.120. The Kier molecular flexibility index (Phi) is 6.30. The van der Waals surface area contributed by atoms with E-state index >= 15 is 0 Å². The minimum absolute atomic E-state index is 0.0883. The number of carbonyl (C=O) groups is 1. The van der Waals surface area contributed by atoms with Crippen LogP contribution in [0.1, 0.15) is 38.2 Å². The molecule has 2 unspecified atom stereocenters. The van der Waals surface area contributed by atoms with E-state index in [0.717, 1.165) is 31.5 Å². The van der Waals surface area contributed by atoms with Gasteiger partial charge in [0.15, 0.2) is 0 Å². The van der Waals surface area contributed by atoms with Crippen molar-refractivity contribution >= 4 is 20.3 Å². The van der Waals surface area contributed by atoms with Gasteiger partial charge in [-0.15, -0.1) is 9.24 Å². The molecule has 1 aliphatic rings. The van der Waals surface area contributed by atoms with Crippen LogP contribution in [0.3, 0.4) is 0 Å². The van der Waals surface area contributed by atoms with Gasteiger partial charge in [-0.1, -0.05) is 12.1 Å². The largest absolute Gasteiger partial charge is 0.306 e. The van der Waals surface area contributed by atoms with Crippen LogP contribution in [0.15, 0.2) is 18.2 Å². The summed E-state index contributed by atoms with van der Waals surface area (Å²) in [6.07, 6.45) is 2.22. The highest BCUT2D eigenvalue weighted by atomic mass is 31.0. The van der Waals surface area contributed by atoms with Crippen molar-refractivity contribution in [1.29, 1.82) is 0 Å². The summed E-state index contributed by atoms with van der Waals surface area (Å²) in [6.45, 7) is 5.67. The first-order valence-electron chi connectivity index (χ1n) is 8.27. The Hall–Kier alpha value is -0.830. The van der Waals surface area contributed by atoms with Crippen LogP contribution in [-0.4, -0.2) is 54.9 Å². The zero-order valence-corrected chi connectivity index (χ0v) is 15.7. The van der Waals surface area contributed by atoms with E-state index in [4.69, 9.17) is 0 Å². The molecule has 0 aliphatic carbocycles. The predicted molar refractivity (Wildman–Crippen MR) is 96.9 cm³/mol. The average Bonchev–Trinajstić information content (AvgIpc) is 2.50. The maximum atomic E-state index is 13.9. The van der Waals surface area contributed by atoms with Gasteiger partial charge in [-0.05, 0) is 65.5 Å². The third kappa shape index (κ3) is 4.37. The molecule has 0 amide bonds. The van der Waals surface area contributed by atoms with Gasteiger partial charge in [0.2, 0.25) is 0 Å². The van der Waals surface area contributed by atoms with Gasteiger partial charge >= 0.3 is 0 Å². The van der Waals surface area contributed by atoms with Crippen LogP contribution in [0.4, 0.5) is 4.39 Å². The molecular weight excluding hydrogens is 310 g/mol. The molecule has 1 fully saturated rings. The van der Waals surface area contributed by atoms with E-state index in [0.29, 0.717) is 11.3 Å². The van der Waals surface area contributed by atoms with Crippen LogP contribution in [0.25, 0.3) is 0 Å². The third-order valence-corrected chi connectivity index (χ3v) is 5.58. The van der Waals surface area contributed by atoms with Gasteiger partial charge in [0, 0.05) is 17.4 Å². The van der Waals surface area contributed by atoms with Crippen molar-refractivity contribution in [2.75, 3.05) is 27.2 Å². The third-order valence-electron chi connectivity index (χ3n) is 5.11. The molecule has 1 aromatic rings. The highest BCUT2D eigenvalue weighted by Gasteiger charge is 2.31. The average molecular weight is 338 g/mol. The van der Waals surface area contributed by atoms with Crippen LogP contribution >= 0.6 is 9.24 Å². The van der Waals surface area contributed by atoms with Gasteiger partial charge in [-0.3, -0.25) is 9.69 Å². The Morgan fingerprint density at radius 2 is 1.96 bits per heavy atom. The first-order chi connectivity index (χ1) is 10.8. The Balaban J connectivity index is 2.15. The van der Waals surface area contributed by atoms with Gasteiger partial charge in [-0.2, -0.15) is 0 Å². The molecule has 1 saturated heterocycles. The summed E-state index contributed by atoms with van der Waals surface area (Å²) in [7, 11) is 6.62. The molecule has 0 bridgehead atoms. The summed E-state index contributed by atoms with van der Waals surface area (Å²) in [4.78, 5) is 16.9. The molecule has 1 heterocycles. The van der Waals surface area contributed by atoms with Gasteiger partial charge in [0.1, 0.15) is 11.6 Å². The van der Waals surface area contributed by atoms with E-state index in [9.17, 15) is 9.18 Å². The quantitative estimate of drug-likeness (QED) is 0.771. The second-order valence-electron chi connectivity index (χ2n) is 6.84. The highest BCUT2D eigenvalue weighted by Crippen LogP contribution is 2.28. The molecule has 1 aromatic carbocycles. The zero-order valence-electron chi connectivity index (χ0n) is 14.6. The minimum Gasteiger partial charge on any atom is -0.306 e. The van der Waals surface area contributed by atoms with Crippen molar-refractivity contribution in [2.45, 2.75) is 44.7 Å². The van der Waals surface area contributed by atoms with Crippen molar-refractivity contribution in [3.05, 3.63) is 29.6 Å². The predicted octanol–water partition coefficient (Wildman–Crippen LogP) is 2.41. The first kappa shape index (κ1) is 18.5. The molecule has 2 rings (SSSR count). The molecule has 0 saturated carbocycles. The lowest BCUT2D eigenvalue weighted by atomic mass is 9.87. The van der Waals surface area contributed by atoms with Gasteiger partial charge in [0.05, 0.1) is 5.92 Å². The maximum absolute atomic E-state index is 13.9. The van der Waals surface area contributed by atoms with Crippen LogP contribution in [-0.2, 0) is 4.79 Å². The lowest BCUT2D eigenvalue weighted by Gasteiger charge is -2.40. The van der Waals surface area contributed by atoms with Crippen molar-refractivity contribution in [1.82, 2.24) is 9.80 Å². The number of halogens is 1. The molecule has 0 radical (unpaired) electrons. The molecular formula is C18H28FN2OP. The molecule has 1 aliphatic heterocycles. The van der Waals surface area contributed by atoms with Crippen LogP contribution in [0.2, 0.25) is 0 Å². The van der Waals surface area contributed by atoms with E-state index in [2.05, 4.69) is 40.1 Å². The molecule has 5 heteroatoms. The van der Waals surface area contributed by atoms with Crippen LogP contribution in [0, 0.1) is 5.82 Å². The number of rotatable bonds is 5. The second kappa shape index (κ2) is 7.83. The molecule has 128 valence electrons.